The van der Waals surface area contributed by atoms with Crippen LogP contribution in [0.2, 0.25) is 0 Å². The maximum Gasteiger partial charge on any atom is 0.0931 e. The monoisotopic (exact) mass is 226 g/mol. The second-order valence-electron chi connectivity index (χ2n) is 4.73. The molecule has 0 saturated heterocycles. The van der Waals surface area contributed by atoms with Gasteiger partial charge in [0.25, 0.3) is 0 Å². The number of rotatable bonds is 2. The molecule has 0 aliphatic heterocycles. The van der Waals surface area contributed by atoms with Crippen molar-refractivity contribution in [1.82, 2.24) is 4.98 Å². The van der Waals surface area contributed by atoms with E-state index in [2.05, 4.69) is 50.0 Å². The van der Waals surface area contributed by atoms with Crippen LogP contribution >= 0.6 is 0 Å². The van der Waals surface area contributed by atoms with E-state index in [1.54, 1.807) is 0 Å². The summed E-state index contributed by atoms with van der Waals surface area (Å²) in [6.07, 6.45) is 1.91. The van der Waals surface area contributed by atoms with Gasteiger partial charge >= 0.3 is 0 Å². The van der Waals surface area contributed by atoms with Gasteiger partial charge in [-0.2, -0.15) is 0 Å². The maximum absolute atomic E-state index is 6.07. The summed E-state index contributed by atoms with van der Waals surface area (Å²) in [5.74, 6) is 0.455. The second kappa shape index (κ2) is 4.58. The average Bonchev–Trinajstić information content (AvgIpc) is 2.30. The van der Waals surface area contributed by atoms with Crippen LogP contribution in [0.3, 0.4) is 0 Å². The van der Waals surface area contributed by atoms with Gasteiger partial charge in [0.15, 0.2) is 0 Å². The molecular formula is C15H18N2. The minimum atomic E-state index is 0.455. The smallest absolute Gasteiger partial charge is 0.0931 e. The number of aromatic nitrogens is 1. The first kappa shape index (κ1) is 11.6. The third-order valence-electron chi connectivity index (χ3n) is 2.93. The van der Waals surface area contributed by atoms with E-state index >= 15 is 0 Å². The highest BCUT2D eigenvalue weighted by molar-refractivity contribution is 5.72. The van der Waals surface area contributed by atoms with Gasteiger partial charge in [-0.05, 0) is 24.5 Å². The second-order valence-corrected chi connectivity index (χ2v) is 4.73. The van der Waals surface area contributed by atoms with Gasteiger partial charge in [-0.1, -0.05) is 43.7 Å². The molecule has 0 bridgehead atoms. The molecule has 88 valence electrons. The molecular weight excluding hydrogens is 208 g/mol. The lowest BCUT2D eigenvalue weighted by molar-refractivity contribution is 0.859. The number of aryl methyl sites for hydroxylation is 1. The number of hydrogen-bond donors (Lipinski definition) is 1. The molecule has 0 radical (unpaired) electrons. The van der Waals surface area contributed by atoms with Crippen LogP contribution in [0.25, 0.3) is 11.3 Å². The number of anilines is 1. The Morgan fingerprint density at radius 1 is 1.12 bits per heavy atom. The van der Waals surface area contributed by atoms with Crippen molar-refractivity contribution in [3.8, 4) is 11.3 Å². The molecule has 0 aliphatic carbocycles. The van der Waals surface area contributed by atoms with Crippen LogP contribution in [0.4, 0.5) is 5.69 Å². The molecule has 0 unspecified atom stereocenters. The summed E-state index contributed by atoms with van der Waals surface area (Å²) in [7, 11) is 0. The minimum Gasteiger partial charge on any atom is -0.397 e. The summed E-state index contributed by atoms with van der Waals surface area (Å²) < 4.78 is 0. The van der Waals surface area contributed by atoms with Crippen molar-refractivity contribution in [2.75, 3.05) is 5.73 Å². The molecule has 1 heterocycles. The zero-order valence-corrected chi connectivity index (χ0v) is 10.6. The molecule has 0 atom stereocenters. The van der Waals surface area contributed by atoms with E-state index < -0.39 is 0 Å². The fraction of sp³-hybridized carbons (Fsp3) is 0.267. The van der Waals surface area contributed by atoms with Crippen molar-refractivity contribution in [1.29, 1.82) is 0 Å². The van der Waals surface area contributed by atoms with Gasteiger partial charge in [0.05, 0.1) is 11.4 Å². The quantitative estimate of drug-likeness (QED) is 0.846. The summed E-state index contributed by atoms with van der Waals surface area (Å²) in [6, 6.07) is 10.3. The van der Waals surface area contributed by atoms with E-state index in [4.69, 9.17) is 5.73 Å². The zero-order valence-electron chi connectivity index (χ0n) is 10.6. The number of nitrogens with zero attached hydrogens (tertiary/aromatic N) is 1. The van der Waals surface area contributed by atoms with E-state index in [9.17, 15) is 0 Å². The van der Waals surface area contributed by atoms with Crippen LogP contribution in [-0.4, -0.2) is 4.98 Å². The van der Waals surface area contributed by atoms with Crippen molar-refractivity contribution in [3.63, 3.8) is 0 Å². The fourth-order valence-electron chi connectivity index (χ4n) is 1.77. The molecule has 2 nitrogen and oxygen atoms in total. The molecule has 0 aliphatic rings. The number of pyridine rings is 1. The van der Waals surface area contributed by atoms with Gasteiger partial charge in [-0.25, -0.2) is 0 Å². The number of nitrogens with two attached hydrogens (primary N) is 1. The molecule has 2 rings (SSSR count). The van der Waals surface area contributed by atoms with Crippen LogP contribution in [0.5, 0.6) is 0 Å². The van der Waals surface area contributed by atoms with E-state index in [1.807, 2.05) is 12.3 Å². The Hall–Kier alpha value is -1.83. The number of benzene rings is 1. The Morgan fingerprint density at radius 2 is 1.76 bits per heavy atom. The summed E-state index contributed by atoms with van der Waals surface area (Å²) in [5.41, 5.74) is 11.2. The Labute approximate surface area is 103 Å². The van der Waals surface area contributed by atoms with Crippen LogP contribution < -0.4 is 5.73 Å². The third-order valence-corrected chi connectivity index (χ3v) is 2.93. The van der Waals surface area contributed by atoms with Gasteiger partial charge in [-0.15, -0.1) is 0 Å². The first-order valence-corrected chi connectivity index (χ1v) is 5.90. The van der Waals surface area contributed by atoms with Crippen molar-refractivity contribution in [2.45, 2.75) is 26.7 Å². The summed E-state index contributed by atoms with van der Waals surface area (Å²) in [5, 5.41) is 0. The topological polar surface area (TPSA) is 38.9 Å². The number of hydrogen-bond acceptors (Lipinski definition) is 2. The average molecular weight is 226 g/mol. The van der Waals surface area contributed by atoms with Crippen LogP contribution in [0, 0.1) is 6.92 Å². The van der Waals surface area contributed by atoms with E-state index in [1.165, 1.54) is 11.1 Å². The Kier molecular flexibility index (Phi) is 3.14. The van der Waals surface area contributed by atoms with Crippen molar-refractivity contribution >= 4 is 5.69 Å². The summed E-state index contributed by atoms with van der Waals surface area (Å²) in [4.78, 5) is 4.47. The molecule has 2 aromatic rings. The molecule has 2 heteroatoms. The molecule has 17 heavy (non-hydrogen) atoms. The SMILES string of the molecule is Cc1ccc(-c2ncc(C(C)C)cc2N)cc1. The predicted molar refractivity (Wildman–Crippen MR) is 72.9 cm³/mol. The normalized spacial score (nSPS) is 10.8. The van der Waals surface area contributed by atoms with Crippen molar-refractivity contribution in [2.24, 2.45) is 0 Å². The summed E-state index contributed by atoms with van der Waals surface area (Å²) >= 11 is 0. The van der Waals surface area contributed by atoms with Crippen LogP contribution in [0.15, 0.2) is 36.5 Å². The highest BCUT2D eigenvalue weighted by atomic mass is 14.7. The minimum absolute atomic E-state index is 0.455. The first-order valence-electron chi connectivity index (χ1n) is 5.90. The van der Waals surface area contributed by atoms with Crippen molar-refractivity contribution < 1.29 is 0 Å². The molecule has 0 amide bonds. The third kappa shape index (κ3) is 2.47. The number of nitrogen functional groups attached to an aromatic ring is 1. The predicted octanol–water partition coefficient (Wildman–Crippen LogP) is 3.76. The van der Waals surface area contributed by atoms with E-state index in [0.717, 1.165) is 16.9 Å². The molecule has 0 fully saturated rings. The van der Waals surface area contributed by atoms with Gasteiger partial charge in [0.2, 0.25) is 0 Å². The van der Waals surface area contributed by atoms with Crippen molar-refractivity contribution in [3.05, 3.63) is 47.7 Å². The van der Waals surface area contributed by atoms with Gasteiger partial charge < -0.3 is 5.73 Å². The standard InChI is InChI=1S/C15H18N2/c1-10(2)13-8-14(16)15(17-9-13)12-6-4-11(3)5-7-12/h4-10H,16H2,1-3H3. The van der Waals surface area contributed by atoms with E-state index in [-0.39, 0.29) is 0 Å². The lowest BCUT2D eigenvalue weighted by Crippen LogP contribution is -1.97. The van der Waals surface area contributed by atoms with Gasteiger partial charge in [-0.3, -0.25) is 4.98 Å². The lowest BCUT2D eigenvalue weighted by atomic mass is 10.0. The molecule has 0 saturated carbocycles. The van der Waals surface area contributed by atoms with E-state index in [0.29, 0.717) is 5.92 Å². The molecule has 0 spiro atoms. The molecule has 1 aromatic heterocycles. The Balaban J connectivity index is 2.43. The maximum atomic E-state index is 6.07. The van der Waals surface area contributed by atoms with Crippen LogP contribution in [-0.2, 0) is 0 Å². The molecule has 1 aromatic carbocycles. The molecule has 2 N–H and O–H groups in total. The van der Waals surface area contributed by atoms with Crippen LogP contribution in [0.1, 0.15) is 30.9 Å². The Morgan fingerprint density at radius 3 is 2.29 bits per heavy atom. The lowest BCUT2D eigenvalue weighted by Gasteiger charge is -2.10. The highest BCUT2D eigenvalue weighted by Crippen LogP contribution is 2.26. The Bertz CT molecular complexity index is 513. The van der Waals surface area contributed by atoms with Gasteiger partial charge in [0.1, 0.15) is 0 Å². The van der Waals surface area contributed by atoms with Gasteiger partial charge in [0, 0.05) is 11.8 Å². The first-order chi connectivity index (χ1) is 8.08. The largest absolute Gasteiger partial charge is 0.397 e. The highest BCUT2D eigenvalue weighted by Gasteiger charge is 2.07. The fourth-order valence-corrected chi connectivity index (χ4v) is 1.77. The summed E-state index contributed by atoms with van der Waals surface area (Å²) in [6.45, 7) is 6.35. The zero-order chi connectivity index (χ0) is 12.4.